The molecule has 2 aromatic rings. The zero-order valence-electron chi connectivity index (χ0n) is 15.5. The van der Waals surface area contributed by atoms with E-state index in [-0.39, 0.29) is 11.7 Å². The number of hydrogen-bond acceptors (Lipinski definition) is 4. The Morgan fingerprint density at radius 3 is 2.63 bits per heavy atom. The van der Waals surface area contributed by atoms with Gasteiger partial charge in [0.25, 0.3) is 5.91 Å². The van der Waals surface area contributed by atoms with Gasteiger partial charge in [-0.15, -0.1) is 0 Å². The van der Waals surface area contributed by atoms with Gasteiger partial charge in [0.2, 0.25) is 0 Å². The first-order chi connectivity index (χ1) is 13.0. The Bertz CT molecular complexity index is 873. The zero-order chi connectivity index (χ0) is 19.8. The second kappa shape index (κ2) is 9.65. The maximum absolute atomic E-state index is 12.3. The van der Waals surface area contributed by atoms with Crippen LogP contribution in [0.15, 0.2) is 48.0 Å². The van der Waals surface area contributed by atoms with Gasteiger partial charge < -0.3 is 14.8 Å². The van der Waals surface area contributed by atoms with Crippen molar-refractivity contribution in [2.45, 2.75) is 26.4 Å². The van der Waals surface area contributed by atoms with Gasteiger partial charge in [0.1, 0.15) is 11.6 Å². The number of nitrogens with one attached hydrogen (secondary N) is 1. The largest absolute Gasteiger partial charge is 0.493 e. The molecule has 0 saturated carbocycles. The van der Waals surface area contributed by atoms with Crippen LogP contribution in [0.5, 0.6) is 11.5 Å². The fourth-order valence-electron chi connectivity index (χ4n) is 2.26. The Morgan fingerprint density at radius 2 is 2.04 bits per heavy atom. The Kier molecular flexibility index (Phi) is 7.27. The molecule has 0 spiro atoms. The molecule has 0 aliphatic carbocycles. The highest BCUT2D eigenvalue weighted by atomic mass is 35.5. The summed E-state index contributed by atoms with van der Waals surface area (Å²) in [6, 6.07) is 14.2. The minimum atomic E-state index is -0.501. The molecule has 0 aromatic heterocycles. The molecule has 0 unspecified atom stereocenters. The van der Waals surface area contributed by atoms with Crippen LogP contribution >= 0.6 is 11.6 Å². The predicted molar refractivity (Wildman–Crippen MR) is 107 cm³/mol. The SMILES string of the molecule is CC[C@H](C)Oc1c(Cl)cc(/C=C(/C#N)C(=O)Nc2ccccc2)cc1OC. The second-order valence-electron chi connectivity index (χ2n) is 5.86. The first kappa shape index (κ1) is 20.3. The number of anilines is 1. The van der Waals surface area contributed by atoms with E-state index < -0.39 is 5.91 Å². The zero-order valence-corrected chi connectivity index (χ0v) is 16.2. The Hall–Kier alpha value is -2.97. The van der Waals surface area contributed by atoms with Crippen LogP contribution in [0.25, 0.3) is 6.08 Å². The molecule has 0 fully saturated rings. The van der Waals surface area contributed by atoms with Gasteiger partial charge in [-0.05, 0) is 49.2 Å². The summed E-state index contributed by atoms with van der Waals surface area (Å²) in [5, 5.41) is 12.4. The monoisotopic (exact) mass is 384 g/mol. The first-order valence-electron chi connectivity index (χ1n) is 8.50. The molecule has 1 atom stereocenters. The molecule has 2 aromatic carbocycles. The quantitative estimate of drug-likeness (QED) is 0.534. The Morgan fingerprint density at radius 1 is 1.33 bits per heavy atom. The third kappa shape index (κ3) is 5.50. The van der Waals surface area contributed by atoms with Gasteiger partial charge in [-0.3, -0.25) is 4.79 Å². The van der Waals surface area contributed by atoms with Crippen molar-refractivity contribution in [3.05, 3.63) is 58.6 Å². The molecule has 0 saturated heterocycles. The fraction of sp³-hybridized carbons (Fsp3) is 0.238. The molecule has 140 valence electrons. The summed E-state index contributed by atoms with van der Waals surface area (Å²) in [7, 11) is 1.51. The number of hydrogen-bond donors (Lipinski definition) is 1. The van der Waals surface area contributed by atoms with Gasteiger partial charge in [0.05, 0.1) is 18.2 Å². The van der Waals surface area contributed by atoms with Gasteiger partial charge in [-0.25, -0.2) is 0 Å². The van der Waals surface area contributed by atoms with Crippen LogP contribution in [0.4, 0.5) is 5.69 Å². The highest BCUT2D eigenvalue weighted by Gasteiger charge is 2.15. The number of methoxy groups -OCH3 is 1. The number of rotatable bonds is 7. The second-order valence-corrected chi connectivity index (χ2v) is 6.27. The van der Waals surface area contributed by atoms with E-state index in [1.165, 1.54) is 13.2 Å². The molecular formula is C21H21ClN2O3. The van der Waals surface area contributed by atoms with Gasteiger partial charge in [0.15, 0.2) is 11.5 Å². The number of carbonyl (C=O) groups excluding carboxylic acids is 1. The number of benzene rings is 2. The van der Waals surface area contributed by atoms with Crippen LogP contribution in [0.2, 0.25) is 5.02 Å². The van der Waals surface area contributed by atoms with Gasteiger partial charge in [0, 0.05) is 5.69 Å². The van der Waals surface area contributed by atoms with Crippen molar-refractivity contribution >= 4 is 29.3 Å². The lowest BCUT2D eigenvalue weighted by molar-refractivity contribution is -0.112. The fourth-order valence-corrected chi connectivity index (χ4v) is 2.52. The lowest BCUT2D eigenvalue weighted by Crippen LogP contribution is -2.13. The van der Waals surface area contributed by atoms with E-state index in [0.717, 1.165) is 6.42 Å². The molecule has 1 amide bonds. The summed E-state index contributed by atoms with van der Waals surface area (Å²) in [6.45, 7) is 3.94. The molecule has 27 heavy (non-hydrogen) atoms. The average molecular weight is 385 g/mol. The van der Waals surface area contributed by atoms with Crippen LogP contribution in [-0.2, 0) is 4.79 Å². The summed E-state index contributed by atoms with van der Waals surface area (Å²) >= 11 is 6.33. The van der Waals surface area contributed by atoms with Crippen molar-refractivity contribution in [1.29, 1.82) is 5.26 Å². The maximum atomic E-state index is 12.3. The lowest BCUT2D eigenvalue weighted by atomic mass is 10.1. The van der Waals surface area contributed by atoms with Crippen molar-refractivity contribution in [2.24, 2.45) is 0 Å². The smallest absolute Gasteiger partial charge is 0.266 e. The van der Waals surface area contributed by atoms with E-state index in [4.69, 9.17) is 21.1 Å². The predicted octanol–water partition coefficient (Wildman–Crippen LogP) is 5.07. The average Bonchev–Trinajstić information content (AvgIpc) is 2.68. The van der Waals surface area contributed by atoms with Gasteiger partial charge in [-0.1, -0.05) is 36.7 Å². The van der Waals surface area contributed by atoms with Crippen LogP contribution in [0.1, 0.15) is 25.8 Å². The topological polar surface area (TPSA) is 71.3 Å². The number of amides is 1. The highest BCUT2D eigenvalue weighted by Crippen LogP contribution is 2.38. The van der Waals surface area contributed by atoms with E-state index in [0.29, 0.717) is 27.8 Å². The number of halogens is 1. The molecule has 0 aliphatic heterocycles. The molecule has 0 bridgehead atoms. The minimum absolute atomic E-state index is 0.0240. The molecule has 2 rings (SSSR count). The summed E-state index contributed by atoms with van der Waals surface area (Å²) in [4.78, 5) is 12.3. The standard InChI is InChI=1S/C21H21ClN2O3/c1-4-14(2)27-20-18(22)11-15(12-19(20)26-3)10-16(13-23)21(25)24-17-8-6-5-7-9-17/h5-12,14H,4H2,1-3H3,(H,24,25)/b16-10-/t14-/m0/s1. The maximum Gasteiger partial charge on any atom is 0.266 e. The Balaban J connectivity index is 2.31. The summed E-state index contributed by atoms with van der Waals surface area (Å²) < 4.78 is 11.2. The van der Waals surface area contributed by atoms with Gasteiger partial charge >= 0.3 is 0 Å². The normalized spacial score (nSPS) is 12.0. The lowest BCUT2D eigenvalue weighted by Gasteiger charge is -2.17. The molecule has 6 heteroatoms. The van der Waals surface area contributed by atoms with Crippen LogP contribution in [0, 0.1) is 11.3 Å². The first-order valence-corrected chi connectivity index (χ1v) is 8.88. The van der Waals surface area contributed by atoms with Crippen LogP contribution in [0.3, 0.4) is 0 Å². The number of carbonyl (C=O) groups is 1. The van der Waals surface area contributed by atoms with E-state index in [1.54, 1.807) is 36.4 Å². The van der Waals surface area contributed by atoms with Crippen molar-refractivity contribution < 1.29 is 14.3 Å². The van der Waals surface area contributed by atoms with Crippen molar-refractivity contribution in [3.63, 3.8) is 0 Å². The Labute approximate surface area is 164 Å². The molecule has 0 radical (unpaired) electrons. The molecule has 0 heterocycles. The molecule has 0 aliphatic rings. The van der Waals surface area contributed by atoms with Crippen LogP contribution < -0.4 is 14.8 Å². The van der Waals surface area contributed by atoms with Crippen molar-refractivity contribution in [1.82, 2.24) is 0 Å². The summed E-state index contributed by atoms with van der Waals surface area (Å²) in [5.41, 5.74) is 1.12. The molecular weight excluding hydrogens is 364 g/mol. The van der Waals surface area contributed by atoms with Crippen molar-refractivity contribution in [3.8, 4) is 17.6 Å². The highest BCUT2D eigenvalue weighted by molar-refractivity contribution is 6.32. The molecule has 5 nitrogen and oxygen atoms in total. The summed E-state index contributed by atoms with van der Waals surface area (Å²) in [6.07, 6.45) is 2.25. The van der Waals surface area contributed by atoms with E-state index >= 15 is 0 Å². The van der Waals surface area contributed by atoms with E-state index in [1.807, 2.05) is 26.0 Å². The van der Waals surface area contributed by atoms with Crippen molar-refractivity contribution in [2.75, 3.05) is 12.4 Å². The summed E-state index contributed by atoms with van der Waals surface area (Å²) in [5.74, 6) is 0.381. The minimum Gasteiger partial charge on any atom is -0.493 e. The van der Waals surface area contributed by atoms with Crippen LogP contribution in [-0.4, -0.2) is 19.1 Å². The van der Waals surface area contributed by atoms with E-state index in [9.17, 15) is 10.1 Å². The third-order valence-electron chi connectivity index (χ3n) is 3.85. The number of ether oxygens (including phenoxy) is 2. The van der Waals surface area contributed by atoms with Gasteiger partial charge in [-0.2, -0.15) is 5.26 Å². The molecule has 1 N–H and O–H groups in total. The number of para-hydroxylation sites is 1. The number of nitriles is 1. The third-order valence-corrected chi connectivity index (χ3v) is 4.13. The number of nitrogens with zero attached hydrogens (tertiary/aromatic N) is 1. The van der Waals surface area contributed by atoms with E-state index in [2.05, 4.69) is 5.32 Å².